The van der Waals surface area contributed by atoms with Crippen LogP contribution in [0.5, 0.6) is 0 Å². The summed E-state index contributed by atoms with van der Waals surface area (Å²) in [5.41, 5.74) is 3.75. The van der Waals surface area contributed by atoms with E-state index in [1.54, 1.807) is 16.8 Å². The highest BCUT2D eigenvalue weighted by Gasteiger charge is 2.17. The van der Waals surface area contributed by atoms with Crippen molar-refractivity contribution in [3.8, 4) is 5.69 Å². The molecule has 0 radical (unpaired) electrons. The molecule has 1 heterocycles. The van der Waals surface area contributed by atoms with Crippen LogP contribution in [0.1, 0.15) is 31.5 Å². The van der Waals surface area contributed by atoms with E-state index in [4.69, 9.17) is 11.6 Å². The van der Waals surface area contributed by atoms with Crippen molar-refractivity contribution in [3.63, 3.8) is 0 Å². The lowest BCUT2D eigenvalue weighted by Crippen LogP contribution is -2.19. The van der Waals surface area contributed by atoms with Crippen LogP contribution in [0, 0.1) is 0 Å². The van der Waals surface area contributed by atoms with Gasteiger partial charge in [0.15, 0.2) is 0 Å². The smallest absolute Gasteiger partial charge is 0.280 e. The number of para-hydroxylation sites is 1. The number of aryl methyl sites for hydroxylation is 1. The summed E-state index contributed by atoms with van der Waals surface area (Å²) in [6.45, 7) is 3.96. The molecule has 5 heteroatoms. The van der Waals surface area contributed by atoms with E-state index in [1.165, 1.54) is 0 Å². The number of aromatic amines is 1. The summed E-state index contributed by atoms with van der Waals surface area (Å²) < 4.78 is 1.58. The van der Waals surface area contributed by atoms with Gasteiger partial charge >= 0.3 is 0 Å². The van der Waals surface area contributed by atoms with Gasteiger partial charge in [0.25, 0.3) is 5.56 Å². The van der Waals surface area contributed by atoms with E-state index in [9.17, 15) is 4.79 Å². The SMILES string of the molecule is CCCc1[nH]n(-c2ccccc2)c(=O)c1C(C)=Nc1ccc(Cl)cc1. The first kappa shape index (κ1) is 17.2. The fourth-order valence-corrected chi connectivity index (χ4v) is 2.94. The Bertz CT molecular complexity index is 937. The molecule has 0 spiro atoms. The predicted molar refractivity (Wildman–Crippen MR) is 104 cm³/mol. The third-order valence-corrected chi connectivity index (χ3v) is 4.22. The molecular formula is C20H20ClN3O. The molecule has 4 nitrogen and oxygen atoms in total. The molecule has 0 saturated heterocycles. The number of aliphatic imine (C=N–C) groups is 1. The first-order valence-electron chi connectivity index (χ1n) is 8.30. The van der Waals surface area contributed by atoms with Crippen LogP contribution in [0.3, 0.4) is 0 Å². The van der Waals surface area contributed by atoms with Crippen molar-refractivity contribution in [3.05, 3.63) is 81.2 Å². The maximum absolute atomic E-state index is 13.0. The summed E-state index contributed by atoms with van der Waals surface area (Å²) in [5.74, 6) is 0. The van der Waals surface area contributed by atoms with Gasteiger partial charge in [-0.1, -0.05) is 43.1 Å². The van der Waals surface area contributed by atoms with Crippen molar-refractivity contribution < 1.29 is 0 Å². The minimum atomic E-state index is -0.0788. The maximum Gasteiger partial charge on any atom is 0.280 e. The molecule has 0 fully saturated rings. The molecule has 0 amide bonds. The van der Waals surface area contributed by atoms with Gasteiger partial charge in [-0.15, -0.1) is 0 Å². The molecule has 0 aliphatic rings. The van der Waals surface area contributed by atoms with Crippen molar-refractivity contribution in [2.75, 3.05) is 0 Å². The first-order valence-corrected chi connectivity index (χ1v) is 8.68. The third kappa shape index (κ3) is 3.74. The average molecular weight is 354 g/mol. The molecule has 1 N–H and O–H groups in total. The summed E-state index contributed by atoms with van der Waals surface area (Å²) in [5, 5.41) is 3.91. The van der Waals surface area contributed by atoms with Crippen molar-refractivity contribution in [2.24, 2.45) is 4.99 Å². The Balaban J connectivity index is 2.09. The summed E-state index contributed by atoms with van der Waals surface area (Å²) in [6, 6.07) is 16.8. The van der Waals surface area contributed by atoms with E-state index in [0.717, 1.165) is 29.9 Å². The zero-order valence-corrected chi connectivity index (χ0v) is 15.0. The first-order chi connectivity index (χ1) is 12.1. The second kappa shape index (κ2) is 7.53. The van der Waals surface area contributed by atoms with Gasteiger partial charge in [-0.25, -0.2) is 4.68 Å². The lowest BCUT2D eigenvalue weighted by Gasteiger charge is -2.01. The lowest BCUT2D eigenvalue weighted by molar-refractivity contribution is 0.793. The summed E-state index contributed by atoms with van der Waals surface area (Å²) >= 11 is 5.92. The van der Waals surface area contributed by atoms with Gasteiger partial charge in [0.1, 0.15) is 0 Å². The van der Waals surface area contributed by atoms with Gasteiger partial charge in [-0.3, -0.25) is 14.9 Å². The second-order valence-corrected chi connectivity index (χ2v) is 6.30. The van der Waals surface area contributed by atoms with Crippen molar-refractivity contribution in [2.45, 2.75) is 26.7 Å². The van der Waals surface area contributed by atoms with Gasteiger partial charge in [0.05, 0.1) is 22.6 Å². The molecule has 2 aromatic carbocycles. The van der Waals surface area contributed by atoms with Crippen LogP contribution in [-0.4, -0.2) is 15.5 Å². The van der Waals surface area contributed by atoms with Crippen LogP contribution < -0.4 is 5.56 Å². The average Bonchev–Trinajstić information content (AvgIpc) is 2.94. The summed E-state index contributed by atoms with van der Waals surface area (Å²) in [6.07, 6.45) is 1.73. The van der Waals surface area contributed by atoms with E-state index in [2.05, 4.69) is 17.0 Å². The minimum Gasteiger partial charge on any atom is -0.294 e. The van der Waals surface area contributed by atoms with E-state index >= 15 is 0 Å². The van der Waals surface area contributed by atoms with Crippen molar-refractivity contribution in [1.29, 1.82) is 0 Å². The Morgan fingerprint density at radius 3 is 2.44 bits per heavy atom. The zero-order chi connectivity index (χ0) is 17.8. The van der Waals surface area contributed by atoms with Gasteiger partial charge in [0.2, 0.25) is 0 Å². The topological polar surface area (TPSA) is 50.1 Å². The molecule has 0 bridgehead atoms. The number of rotatable bonds is 5. The molecule has 0 saturated carbocycles. The number of aromatic nitrogens is 2. The Hall–Kier alpha value is -2.59. The maximum atomic E-state index is 13.0. The Labute approximate surface area is 151 Å². The number of nitrogens with zero attached hydrogens (tertiary/aromatic N) is 2. The van der Waals surface area contributed by atoms with Gasteiger partial charge in [-0.05, 0) is 49.7 Å². The largest absolute Gasteiger partial charge is 0.294 e. The van der Waals surface area contributed by atoms with E-state index in [-0.39, 0.29) is 5.56 Å². The molecular weight excluding hydrogens is 334 g/mol. The third-order valence-electron chi connectivity index (χ3n) is 3.97. The Morgan fingerprint density at radius 2 is 1.80 bits per heavy atom. The number of hydrogen-bond acceptors (Lipinski definition) is 2. The van der Waals surface area contributed by atoms with Crippen LogP contribution >= 0.6 is 11.6 Å². The van der Waals surface area contributed by atoms with E-state index in [1.807, 2.05) is 49.4 Å². The fourth-order valence-electron chi connectivity index (χ4n) is 2.81. The monoisotopic (exact) mass is 353 g/mol. The number of halogens is 1. The fraction of sp³-hybridized carbons (Fsp3) is 0.200. The van der Waals surface area contributed by atoms with Gasteiger partial charge in [-0.2, -0.15) is 0 Å². The van der Waals surface area contributed by atoms with Crippen molar-refractivity contribution >= 4 is 23.0 Å². The van der Waals surface area contributed by atoms with Gasteiger partial charge in [0, 0.05) is 10.7 Å². The molecule has 0 aliphatic heterocycles. The predicted octanol–water partition coefficient (Wildman–Crippen LogP) is 4.91. The highest BCUT2D eigenvalue weighted by atomic mass is 35.5. The minimum absolute atomic E-state index is 0.0788. The number of H-pyrrole nitrogens is 1. The highest BCUT2D eigenvalue weighted by Crippen LogP contribution is 2.18. The molecule has 0 atom stereocenters. The molecule has 128 valence electrons. The van der Waals surface area contributed by atoms with Crippen molar-refractivity contribution in [1.82, 2.24) is 9.78 Å². The lowest BCUT2D eigenvalue weighted by atomic mass is 10.1. The van der Waals surface area contributed by atoms with Crippen LogP contribution in [-0.2, 0) is 6.42 Å². The Morgan fingerprint density at radius 1 is 1.12 bits per heavy atom. The molecule has 0 unspecified atom stereocenters. The second-order valence-electron chi connectivity index (χ2n) is 5.87. The van der Waals surface area contributed by atoms with Crippen LogP contribution in [0.4, 0.5) is 5.69 Å². The normalized spacial score (nSPS) is 11.7. The molecule has 0 aliphatic carbocycles. The molecule has 3 aromatic rings. The molecule has 1 aromatic heterocycles. The number of nitrogens with one attached hydrogen (secondary N) is 1. The quantitative estimate of drug-likeness (QED) is 0.651. The number of hydrogen-bond donors (Lipinski definition) is 1. The van der Waals surface area contributed by atoms with E-state index in [0.29, 0.717) is 16.3 Å². The van der Waals surface area contributed by atoms with E-state index < -0.39 is 0 Å². The molecule has 25 heavy (non-hydrogen) atoms. The van der Waals surface area contributed by atoms with Crippen LogP contribution in [0.15, 0.2) is 64.4 Å². The summed E-state index contributed by atoms with van der Waals surface area (Å²) in [4.78, 5) is 17.6. The standard InChI is InChI=1S/C20H20ClN3O/c1-3-7-18-19(14(2)22-16-12-10-15(21)11-13-16)20(25)24(23-18)17-8-5-4-6-9-17/h4-6,8-13,23H,3,7H2,1-2H3. The Kier molecular flexibility index (Phi) is 5.19. The molecule has 3 rings (SSSR count). The van der Waals surface area contributed by atoms with Gasteiger partial charge < -0.3 is 0 Å². The zero-order valence-electron chi connectivity index (χ0n) is 14.3. The highest BCUT2D eigenvalue weighted by molar-refractivity contribution is 6.30. The van der Waals surface area contributed by atoms with Crippen LogP contribution in [0.2, 0.25) is 5.02 Å². The van der Waals surface area contributed by atoms with Crippen LogP contribution in [0.25, 0.3) is 5.69 Å². The summed E-state index contributed by atoms with van der Waals surface area (Å²) in [7, 11) is 0. The number of benzene rings is 2.